The van der Waals surface area contributed by atoms with Crippen LogP contribution >= 0.6 is 0 Å². The molecular formula is C35H47F6N5O2. The summed E-state index contributed by atoms with van der Waals surface area (Å²) in [5.74, 6) is 0.724. The third-order valence-corrected chi connectivity index (χ3v) is 7.42. The van der Waals surface area contributed by atoms with Crippen molar-refractivity contribution < 1.29 is 35.8 Å². The first kappa shape index (κ1) is 40.1. The Labute approximate surface area is 278 Å². The fraction of sp³-hybridized carbons (Fsp3) is 0.514. The Kier molecular flexibility index (Phi) is 16.5. The molecule has 0 unspecified atom stereocenters. The minimum atomic E-state index is -4.93. The van der Waals surface area contributed by atoms with Gasteiger partial charge in [-0.3, -0.25) is 10.8 Å². The van der Waals surface area contributed by atoms with Gasteiger partial charge in [0.25, 0.3) is 0 Å². The summed E-state index contributed by atoms with van der Waals surface area (Å²) in [5, 5.41) is 16.6. The van der Waals surface area contributed by atoms with Crippen LogP contribution in [0.25, 0.3) is 11.1 Å². The summed E-state index contributed by atoms with van der Waals surface area (Å²) >= 11 is 0. The molecule has 0 saturated heterocycles. The molecule has 2 aromatic rings. The Morgan fingerprint density at radius 2 is 1.04 bits per heavy atom. The average Bonchev–Trinajstić information content (AvgIpc) is 3.02. The highest BCUT2D eigenvalue weighted by Crippen LogP contribution is 2.40. The van der Waals surface area contributed by atoms with Crippen molar-refractivity contribution in [2.24, 2.45) is 11.5 Å². The lowest BCUT2D eigenvalue weighted by Gasteiger charge is -2.18. The number of hydrogen-bond donors (Lipinski definition) is 4. The predicted octanol–water partition coefficient (Wildman–Crippen LogP) is 9.77. The minimum Gasteiger partial charge on any atom is -0.493 e. The maximum Gasteiger partial charge on any atom is 0.430 e. The van der Waals surface area contributed by atoms with Gasteiger partial charge in [0, 0.05) is 0 Å². The number of nitrogens with two attached hydrogens (primary N) is 2. The summed E-state index contributed by atoms with van der Waals surface area (Å²) in [6.45, 7) is 4.97. The van der Waals surface area contributed by atoms with Crippen molar-refractivity contribution in [3.63, 3.8) is 0 Å². The SMILES string of the molecule is CCCCCCCCOc1cccc(OCCCCCCCC)c1-c1cc(C(=N)C=C(N)C(F)(F)F)nc(C(=N)C=C(N)C(F)(F)F)c1. The molecule has 0 aliphatic carbocycles. The molecule has 0 amide bonds. The van der Waals surface area contributed by atoms with Crippen molar-refractivity contribution in [1.82, 2.24) is 4.98 Å². The van der Waals surface area contributed by atoms with Crippen LogP contribution in [0, 0.1) is 10.8 Å². The molecule has 7 nitrogen and oxygen atoms in total. The number of halogens is 6. The number of nitrogens with one attached hydrogen (secondary N) is 2. The molecule has 6 N–H and O–H groups in total. The van der Waals surface area contributed by atoms with E-state index in [0.29, 0.717) is 42.4 Å². The van der Waals surface area contributed by atoms with E-state index in [1.54, 1.807) is 18.2 Å². The van der Waals surface area contributed by atoms with Gasteiger partial charge in [0.2, 0.25) is 0 Å². The highest BCUT2D eigenvalue weighted by atomic mass is 19.4. The van der Waals surface area contributed by atoms with Crippen LogP contribution in [-0.2, 0) is 0 Å². The van der Waals surface area contributed by atoms with E-state index in [1.165, 1.54) is 12.1 Å². The lowest BCUT2D eigenvalue weighted by molar-refractivity contribution is -0.0933. The molecule has 13 heteroatoms. The lowest BCUT2D eigenvalue weighted by Crippen LogP contribution is -2.21. The van der Waals surface area contributed by atoms with Crippen molar-refractivity contribution in [2.75, 3.05) is 13.2 Å². The number of pyridine rings is 1. The second-order valence-corrected chi connectivity index (χ2v) is 11.5. The van der Waals surface area contributed by atoms with Crippen LogP contribution in [0.1, 0.15) is 102 Å². The Bertz CT molecular complexity index is 1310. The smallest absolute Gasteiger partial charge is 0.430 e. The van der Waals surface area contributed by atoms with E-state index in [1.807, 2.05) is 0 Å². The molecule has 1 heterocycles. The van der Waals surface area contributed by atoms with Crippen LogP contribution in [-0.4, -0.2) is 42.0 Å². The maximum atomic E-state index is 13.2. The quantitative estimate of drug-likeness (QED) is 0.0591. The fourth-order valence-corrected chi connectivity index (χ4v) is 4.74. The molecule has 48 heavy (non-hydrogen) atoms. The molecule has 0 radical (unpaired) electrons. The number of nitrogens with zero attached hydrogens (tertiary/aromatic N) is 1. The van der Waals surface area contributed by atoms with Gasteiger partial charge in [0.1, 0.15) is 22.9 Å². The third-order valence-electron chi connectivity index (χ3n) is 7.42. The Morgan fingerprint density at radius 1 is 0.667 bits per heavy atom. The van der Waals surface area contributed by atoms with Crippen LogP contribution in [0.15, 0.2) is 53.9 Å². The summed E-state index contributed by atoms with van der Waals surface area (Å²) in [4.78, 5) is 4.04. The molecule has 0 bridgehead atoms. The van der Waals surface area contributed by atoms with E-state index >= 15 is 0 Å². The molecule has 0 aliphatic heterocycles. The van der Waals surface area contributed by atoms with Gasteiger partial charge >= 0.3 is 12.4 Å². The first-order chi connectivity index (χ1) is 22.7. The van der Waals surface area contributed by atoms with Gasteiger partial charge in [0.05, 0.1) is 41.6 Å². The van der Waals surface area contributed by atoms with Crippen LogP contribution < -0.4 is 20.9 Å². The normalized spacial score (nSPS) is 12.7. The molecule has 0 spiro atoms. The number of allylic oxidation sites excluding steroid dienone is 4. The van der Waals surface area contributed by atoms with Gasteiger partial charge in [-0.15, -0.1) is 0 Å². The van der Waals surface area contributed by atoms with Gasteiger partial charge in [-0.2, -0.15) is 26.3 Å². The zero-order valence-electron chi connectivity index (χ0n) is 27.6. The number of aromatic nitrogens is 1. The first-order valence-electron chi connectivity index (χ1n) is 16.4. The molecule has 266 valence electrons. The number of alkyl halides is 6. The molecule has 1 aromatic heterocycles. The van der Waals surface area contributed by atoms with Gasteiger partial charge in [-0.05, 0) is 54.8 Å². The number of unbranched alkanes of at least 4 members (excludes halogenated alkanes) is 10. The standard InChI is InChI=1S/C35H47F6N5O2/c1-3-5-7-9-11-13-18-47-29-16-15-17-30(48-19-14-12-10-8-6-4-2)33(29)24-20-27(25(42)22-31(44)34(36,37)38)46-28(21-24)26(43)23-32(45)35(39,40)41/h15-17,20-23,42-43H,3-14,18-19,44-45H2,1-2H3. The van der Waals surface area contributed by atoms with E-state index in [4.69, 9.17) is 31.8 Å². The fourth-order valence-electron chi connectivity index (χ4n) is 4.74. The zero-order chi connectivity index (χ0) is 35.7. The molecule has 0 atom stereocenters. The van der Waals surface area contributed by atoms with Gasteiger partial charge in [-0.25, -0.2) is 4.98 Å². The molecule has 0 aliphatic rings. The molecule has 0 fully saturated rings. The van der Waals surface area contributed by atoms with Crippen LogP contribution in [0.2, 0.25) is 0 Å². The highest BCUT2D eigenvalue weighted by molar-refractivity contribution is 6.10. The van der Waals surface area contributed by atoms with Crippen molar-refractivity contribution in [3.05, 3.63) is 65.3 Å². The summed E-state index contributed by atoms with van der Waals surface area (Å²) in [7, 11) is 0. The second-order valence-electron chi connectivity index (χ2n) is 11.5. The summed E-state index contributed by atoms with van der Waals surface area (Å²) in [5.41, 5.74) is 5.45. The van der Waals surface area contributed by atoms with E-state index in [-0.39, 0.29) is 17.0 Å². The number of ether oxygens (including phenoxy) is 2. The van der Waals surface area contributed by atoms with Crippen LogP contribution in [0.5, 0.6) is 11.5 Å². The maximum absolute atomic E-state index is 13.2. The van der Waals surface area contributed by atoms with Crippen molar-refractivity contribution in [3.8, 4) is 22.6 Å². The zero-order valence-corrected chi connectivity index (χ0v) is 27.6. The highest BCUT2D eigenvalue weighted by Gasteiger charge is 2.33. The van der Waals surface area contributed by atoms with Crippen LogP contribution in [0.3, 0.4) is 0 Å². The van der Waals surface area contributed by atoms with E-state index in [0.717, 1.165) is 77.0 Å². The Balaban J connectivity index is 2.61. The predicted molar refractivity (Wildman–Crippen MR) is 178 cm³/mol. The lowest BCUT2D eigenvalue weighted by atomic mass is 9.99. The van der Waals surface area contributed by atoms with Crippen molar-refractivity contribution in [1.29, 1.82) is 10.8 Å². The van der Waals surface area contributed by atoms with E-state index < -0.39 is 35.2 Å². The monoisotopic (exact) mass is 683 g/mol. The van der Waals surface area contributed by atoms with Gasteiger partial charge < -0.3 is 20.9 Å². The minimum absolute atomic E-state index is 0.207. The Morgan fingerprint density at radius 3 is 1.42 bits per heavy atom. The van der Waals surface area contributed by atoms with Crippen LogP contribution in [0.4, 0.5) is 26.3 Å². The molecule has 1 aromatic carbocycles. The first-order valence-corrected chi connectivity index (χ1v) is 16.4. The summed E-state index contributed by atoms with van der Waals surface area (Å²) in [6.07, 6.45) is 3.13. The largest absolute Gasteiger partial charge is 0.493 e. The average molecular weight is 684 g/mol. The number of hydrogen-bond acceptors (Lipinski definition) is 7. The summed E-state index contributed by atoms with van der Waals surface area (Å²) < 4.78 is 91.5. The van der Waals surface area contributed by atoms with Crippen molar-refractivity contribution in [2.45, 2.75) is 103 Å². The molecule has 0 saturated carbocycles. The molecular weight excluding hydrogens is 636 g/mol. The second kappa shape index (κ2) is 19.7. The topological polar surface area (TPSA) is 131 Å². The van der Waals surface area contributed by atoms with E-state index in [9.17, 15) is 26.3 Å². The van der Waals surface area contributed by atoms with Gasteiger partial charge in [0.15, 0.2) is 0 Å². The van der Waals surface area contributed by atoms with Crippen molar-refractivity contribution >= 4 is 11.4 Å². The number of benzene rings is 1. The number of rotatable bonds is 21. The molecule has 2 rings (SSSR count). The third kappa shape index (κ3) is 13.6. The summed E-state index contributed by atoms with van der Waals surface area (Å²) in [6, 6.07) is 7.68. The Hall–Kier alpha value is -4.03. The van der Waals surface area contributed by atoms with Gasteiger partial charge in [-0.1, -0.05) is 84.1 Å². The van der Waals surface area contributed by atoms with E-state index in [2.05, 4.69) is 18.8 Å².